The Morgan fingerprint density at radius 1 is 1.16 bits per heavy atom. The van der Waals surface area contributed by atoms with Gasteiger partial charge in [0.05, 0.1) is 13.7 Å². The molecule has 1 heterocycles. The van der Waals surface area contributed by atoms with Gasteiger partial charge in [-0.1, -0.05) is 19.1 Å². The maximum atomic E-state index is 13.2. The van der Waals surface area contributed by atoms with Crippen molar-refractivity contribution in [2.24, 2.45) is 0 Å². The second-order valence-electron chi connectivity index (χ2n) is 7.07. The third-order valence-electron chi connectivity index (χ3n) is 4.63. The number of benzene rings is 2. The number of ether oxygens (including phenoxy) is 2. The maximum Gasteiger partial charge on any atom is 0.273 e. The molecule has 0 unspecified atom stereocenters. The number of rotatable bonds is 10. The van der Waals surface area contributed by atoms with E-state index in [2.05, 4.69) is 20.5 Å². The van der Waals surface area contributed by atoms with Crippen LogP contribution >= 0.6 is 0 Å². The van der Waals surface area contributed by atoms with Crippen LogP contribution in [-0.2, 0) is 17.8 Å². The number of hydrogen-bond acceptors (Lipinski definition) is 6. The zero-order chi connectivity index (χ0) is 22.9. The molecule has 2 N–H and O–H groups in total. The van der Waals surface area contributed by atoms with Crippen molar-refractivity contribution in [2.45, 2.75) is 32.7 Å². The molecule has 0 spiro atoms. The van der Waals surface area contributed by atoms with Gasteiger partial charge in [-0.3, -0.25) is 9.59 Å². The first-order valence-electron chi connectivity index (χ1n) is 10.3. The largest absolute Gasteiger partial charge is 0.493 e. The summed E-state index contributed by atoms with van der Waals surface area (Å²) < 4.78 is 24.2. The molecular formula is C23H25FN4O4. The number of carbonyl (C=O) groups is 1. The molecule has 168 valence electrons. The summed E-state index contributed by atoms with van der Waals surface area (Å²) in [5.41, 5.74) is 1.01. The summed E-state index contributed by atoms with van der Waals surface area (Å²) in [6.45, 7) is 2.78. The van der Waals surface area contributed by atoms with Crippen LogP contribution in [0.5, 0.6) is 11.5 Å². The zero-order valence-electron chi connectivity index (χ0n) is 18.0. The minimum absolute atomic E-state index is 0.0592. The van der Waals surface area contributed by atoms with Crippen LogP contribution in [0.3, 0.4) is 0 Å². The number of carbonyl (C=O) groups excluding carboxylic acids is 1. The Hall–Kier alpha value is -3.75. The molecule has 8 nitrogen and oxygen atoms in total. The van der Waals surface area contributed by atoms with Gasteiger partial charge in [-0.15, -0.1) is 10.2 Å². The summed E-state index contributed by atoms with van der Waals surface area (Å²) in [5, 5.41) is 10.8. The molecule has 0 radical (unpaired) electrons. The molecule has 0 aliphatic carbocycles. The van der Waals surface area contributed by atoms with E-state index in [-0.39, 0.29) is 42.6 Å². The molecule has 9 heteroatoms. The highest BCUT2D eigenvalue weighted by atomic mass is 19.1. The Morgan fingerprint density at radius 3 is 2.72 bits per heavy atom. The lowest BCUT2D eigenvalue weighted by Gasteiger charge is -2.11. The molecule has 3 rings (SSSR count). The quantitative estimate of drug-likeness (QED) is 0.502. The number of nitrogens with one attached hydrogen (secondary N) is 2. The van der Waals surface area contributed by atoms with Gasteiger partial charge in [-0.05, 0) is 42.3 Å². The van der Waals surface area contributed by atoms with Crippen LogP contribution in [0.2, 0.25) is 0 Å². The summed E-state index contributed by atoms with van der Waals surface area (Å²) in [4.78, 5) is 27.2. The first-order chi connectivity index (χ1) is 15.5. The van der Waals surface area contributed by atoms with E-state index in [1.165, 1.54) is 19.2 Å². The van der Waals surface area contributed by atoms with E-state index < -0.39 is 5.56 Å². The number of hydrogen-bond donors (Lipinski definition) is 2. The van der Waals surface area contributed by atoms with E-state index in [0.717, 1.165) is 6.42 Å². The predicted octanol–water partition coefficient (Wildman–Crippen LogP) is 3.02. The van der Waals surface area contributed by atoms with Gasteiger partial charge < -0.3 is 19.8 Å². The number of halogens is 1. The van der Waals surface area contributed by atoms with E-state index >= 15 is 0 Å². The average molecular weight is 440 g/mol. The van der Waals surface area contributed by atoms with Crippen molar-refractivity contribution >= 4 is 5.91 Å². The molecule has 1 amide bonds. The van der Waals surface area contributed by atoms with Crippen LogP contribution < -0.4 is 20.3 Å². The number of aromatic nitrogens is 3. The molecule has 32 heavy (non-hydrogen) atoms. The molecule has 2 aromatic carbocycles. The van der Waals surface area contributed by atoms with Crippen LogP contribution in [-0.4, -0.2) is 34.8 Å². The van der Waals surface area contributed by atoms with Crippen molar-refractivity contribution < 1.29 is 18.7 Å². The van der Waals surface area contributed by atoms with Crippen LogP contribution in [0.15, 0.2) is 47.3 Å². The van der Waals surface area contributed by atoms with E-state index in [0.29, 0.717) is 29.2 Å². The smallest absolute Gasteiger partial charge is 0.273 e. The lowest BCUT2D eigenvalue weighted by Crippen LogP contribution is -2.25. The monoisotopic (exact) mass is 440 g/mol. The average Bonchev–Trinajstić information content (AvgIpc) is 2.80. The molecule has 3 aromatic rings. The number of nitrogens with zero attached hydrogens (tertiary/aromatic N) is 2. The Morgan fingerprint density at radius 2 is 2.00 bits per heavy atom. The van der Waals surface area contributed by atoms with Gasteiger partial charge >= 0.3 is 0 Å². The minimum atomic E-state index is -0.418. The normalized spacial score (nSPS) is 10.6. The van der Waals surface area contributed by atoms with E-state index in [4.69, 9.17) is 9.47 Å². The number of H-pyrrole nitrogens is 1. The molecule has 1 aromatic heterocycles. The maximum absolute atomic E-state index is 13.2. The first kappa shape index (κ1) is 22.9. The fourth-order valence-corrected chi connectivity index (χ4v) is 2.97. The van der Waals surface area contributed by atoms with Crippen molar-refractivity contribution in [2.75, 3.05) is 13.7 Å². The second-order valence-corrected chi connectivity index (χ2v) is 7.07. The molecule has 0 bridgehead atoms. The predicted molar refractivity (Wildman–Crippen MR) is 117 cm³/mol. The van der Waals surface area contributed by atoms with Crippen LogP contribution in [0.1, 0.15) is 31.0 Å². The number of methoxy groups -OCH3 is 1. The Balaban J connectivity index is 1.61. The van der Waals surface area contributed by atoms with E-state index in [1.807, 2.05) is 6.92 Å². The van der Waals surface area contributed by atoms with Gasteiger partial charge in [0.1, 0.15) is 11.5 Å². The highest BCUT2D eigenvalue weighted by molar-refractivity contribution is 5.76. The summed E-state index contributed by atoms with van der Waals surface area (Å²) >= 11 is 0. The van der Waals surface area contributed by atoms with Gasteiger partial charge in [0.2, 0.25) is 5.91 Å². The summed E-state index contributed by atoms with van der Waals surface area (Å²) in [6.07, 6.45) is 1.06. The van der Waals surface area contributed by atoms with Crippen molar-refractivity contribution in [3.05, 3.63) is 69.9 Å². The molecule has 0 fully saturated rings. The minimum Gasteiger partial charge on any atom is -0.493 e. The number of aromatic amines is 1. The van der Waals surface area contributed by atoms with Crippen molar-refractivity contribution in [3.63, 3.8) is 0 Å². The first-order valence-corrected chi connectivity index (χ1v) is 10.3. The standard InChI is InChI=1S/C23H25FN4O4/c1-3-11-32-19-9-7-16(13-20(19)31-2)22-26-23(30)18(27-28-22)8-10-21(29)25-14-15-5-4-6-17(24)12-15/h4-7,9,12-13H,3,8,10-11,14H2,1-2H3,(H,25,29)(H,26,28,30). The third-order valence-corrected chi connectivity index (χ3v) is 4.63. The van der Waals surface area contributed by atoms with Crippen molar-refractivity contribution in [1.82, 2.24) is 20.5 Å². The molecule has 0 saturated heterocycles. The van der Waals surface area contributed by atoms with Gasteiger partial charge in [0.25, 0.3) is 5.56 Å². The SMILES string of the molecule is CCCOc1ccc(-c2nnc(CCC(=O)NCc3cccc(F)c3)c(=O)[nH]2)cc1OC. The molecular weight excluding hydrogens is 415 g/mol. The van der Waals surface area contributed by atoms with E-state index in [9.17, 15) is 14.0 Å². The highest BCUT2D eigenvalue weighted by Crippen LogP contribution is 2.31. The van der Waals surface area contributed by atoms with E-state index in [1.54, 1.807) is 30.3 Å². The van der Waals surface area contributed by atoms with Gasteiger partial charge in [0, 0.05) is 24.9 Å². The second kappa shape index (κ2) is 11.0. The lowest BCUT2D eigenvalue weighted by molar-refractivity contribution is -0.121. The van der Waals surface area contributed by atoms with Crippen molar-refractivity contribution in [3.8, 4) is 22.9 Å². The number of amides is 1. The lowest BCUT2D eigenvalue weighted by atomic mass is 10.2. The molecule has 0 saturated carbocycles. The van der Waals surface area contributed by atoms with Gasteiger partial charge in [-0.25, -0.2) is 4.39 Å². The Kier molecular flexibility index (Phi) is 7.91. The summed E-state index contributed by atoms with van der Waals surface area (Å²) in [6, 6.07) is 11.2. The van der Waals surface area contributed by atoms with Gasteiger partial charge in [0.15, 0.2) is 17.3 Å². The third kappa shape index (κ3) is 6.13. The van der Waals surface area contributed by atoms with Gasteiger partial charge in [-0.2, -0.15) is 0 Å². The summed E-state index contributed by atoms with van der Waals surface area (Å²) in [7, 11) is 1.54. The fourth-order valence-electron chi connectivity index (χ4n) is 2.97. The fraction of sp³-hybridized carbons (Fsp3) is 0.304. The Labute approximate surface area is 184 Å². The van der Waals surface area contributed by atoms with Crippen LogP contribution in [0.25, 0.3) is 11.4 Å². The van der Waals surface area contributed by atoms with Crippen molar-refractivity contribution in [1.29, 1.82) is 0 Å². The zero-order valence-corrected chi connectivity index (χ0v) is 18.0. The molecule has 0 atom stereocenters. The molecule has 0 aliphatic heterocycles. The van der Waals surface area contributed by atoms with Crippen LogP contribution in [0.4, 0.5) is 4.39 Å². The molecule has 0 aliphatic rings. The summed E-state index contributed by atoms with van der Waals surface area (Å²) in [5.74, 6) is 0.785. The Bertz CT molecular complexity index is 1130. The highest BCUT2D eigenvalue weighted by Gasteiger charge is 2.12. The number of aryl methyl sites for hydroxylation is 1. The topological polar surface area (TPSA) is 106 Å². The van der Waals surface area contributed by atoms with Crippen LogP contribution in [0, 0.1) is 5.82 Å².